The van der Waals surface area contributed by atoms with Gasteiger partial charge >= 0.3 is 0 Å². The zero-order chi connectivity index (χ0) is 22.3. The average Bonchev–Trinajstić information content (AvgIpc) is 2.73. The average molecular weight is 423 g/mol. The molecule has 1 heteroatoms. The van der Waals surface area contributed by atoms with Crippen LogP contribution < -0.4 is 0 Å². The maximum Gasteiger partial charge on any atom is 0.0998 e. The highest BCUT2D eigenvalue weighted by Crippen LogP contribution is 2.19. The summed E-state index contributed by atoms with van der Waals surface area (Å²) in [5.41, 5.74) is 1.38. The predicted octanol–water partition coefficient (Wildman–Crippen LogP) is 9.85. The van der Waals surface area contributed by atoms with Crippen molar-refractivity contribution >= 4 is 0 Å². The smallest absolute Gasteiger partial charge is 0.0998 e. The van der Waals surface area contributed by atoms with E-state index in [0.717, 1.165) is 0 Å². The fourth-order valence-corrected chi connectivity index (χ4v) is 4.95. The normalized spacial score (nSPS) is 11.9. The molecule has 0 saturated carbocycles. The molecule has 0 aromatic rings. The van der Waals surface area contributed by atoms with E-state index in [9.17, 15) is 0 Å². The summed E-state index contributed by atoms with van der Waals surface area (Å²) in [5, 5.41) is 0. The lowest BCUT2D eigenvalue weighted by Gasteiger charge is -2.39. The van der Waals surface area contributed by atoms with Crippen molar-refractivity contribution in [1.29, 1.82) is 0 Å². The lowest BCUT2D eigenvalue weighted by atomic mass is 10.0. The van der Waals surface area contributed by atoms with Crippen LogP contribution in [0.2, 0.25) is 0 Å². The van der Waals surface area contributed by atoms with Crippen molar-refractivity contribution in [3.63, 3.8) is 0 Å². The molecule has 0 fully saturated rings. The summed E-state index contributed by atoms with van der Waals surface area (Å²) in [6.45, 7) is 18.8. The van der Waals surface area contributed by atoms with Gasteiger partial charge in [-0.25, -0.2) is 0 Å². The summed E-state index contributed by atoms with van der Waals surface area (Å²) in [6.07, 6.45) is 27.2. The van der Waals surface area contributed by atoms with Gasteiger partial charge in [0.25, 0.3) is 0 Å². The molecule has 0 aromatic heterocycles. The Balaban J connectivity index is 3.79. The van der Waals surface area contributed by atoms with Crippen molar-refractivity contribution in [1.82, 2.24) is 0 Å². The second-order valence-corrected chi connectivity index (χ2v) is 10.3. The number of rotatable bonds is 24. The number of quaternary nitrogens is 1. The van der Waals surface area contributed by atoms with Crippen LogP contribution in [-0.4, -0.2) is 30.7 Å². The van der Waals surface area contributed by atoms with Crippen LogP contribution in [0, 0.1) is 0 Å². The molecule has 0 radical (unpaired) electrons. The Morgan fingerprint density at radius 2 is 0.767 bits per heavy atom. The van der Waals surface area contributed by atoms with E-state index in [4.69, 9.17) is 0 Å². The molecule has 0 spiro atoms. The largest absolute Gasteiger partial charge is 0.320 e. The monoisotopic (exact) mass is 422 g/mol. The highest BCUT2D eigenvalue weighted by molar-refractivity contribution is 4.88. The SMILES string of the molecule is C=C(C)C[N+](CCCC)(CCCC)CCCCCCCCCCCCCCCCC. The van der Waals surface area contributed by atoms with Gasteiger partial charge in [0.2, 0.25) is 0 Å². The molecule has 0 aliphatic carbocycles. The quantitative estimate of drug-likeness (QED) is 0.0824. The first kappa shape index (κ1) is 29.7. The van der Waals surface area contributed by atoms with Crippen molar-refractivity contribution in [3.05, 3.63) is 12.2 Å². The standard InChI is InChI=1S/C29H60N/c1-6-9-12-13-14-15-16-17-18-19-20-21-22-23-24-27-30(25-10-7-2,26-11-8-3)28-29(4)5/h4,6-28H2,1-3,5H3/q+1. The summed E-state index contributed by atoms with van der Waals surface area (Å²) in [6, 6.07) is 0. The topological polar surface area (TPSA) is 0 Å². The molecule has 0 unspecified atom stereocenters. The Hall–Kier alpha value is -0.300. The van der Waals surface area contributed by atoms with Gasteiger partial charge in [0.15, 0.2) is 0 Å². The zero-order valence-corrected chi connectivity index (χ0v) is 21.9. The number of hydrogen-bond donors (Lipinski definition) is 0. The predicted molar refractivity (Wildman–Crippen MR) is 139 cm³/mol. The first-order valence-electron chi connectivity index (χ1n) is 14.1. The van der Waals surface area contributed by atoms with Gasteiger partial charge in [-0.15, -0.1) is 0 Å². The van der Waals surface area contributed by atoms with Gasteiger partial charge in [0.05, 0.1) is 26.2 Å². The molecule has 1 nitrogen and oxygen atoms in total. The van der Waals surface area contributed by atoms with Gasteiger partial charge in [-0.1, -0.05) is 124 Å². The number of hydrogen-bond acceptors (Lipinski definition) is 0. The lowest BCUT2D eigenvalue weighted by Crippen LogP contribution is -2.51. The van der Waals surface area contributed by atoms with E-state index in [2.05, 4.69) is 34.3 Å². The number of nitrogens with zero attached hydrogens (tertiary/aromatic N) is 1. The highest BCUT2D eigenvalue weighted by Gasteiger charge is 2.25. The molecule has 0 atom stereocenters. The first-order valence-corrected chi connectivity index (χ1v) is 14.1. The third-order valence-electron chi connectivity index (χ3n) is 6.81. The van der Waals surface area contributed by atoms with Gasteiger partial charge in [-0.2, -0.15) is 0 Å². The molecule has 30 heavy (non-hydrogen) atoms. The van der Waals surface area contributed by atoms with E-state index in [1.165, 1.54) is 158 Å². The molecule has 180 valence electrons. The van der Waals surface area contributed by atoms with Crippen LogP contribution in [0.1, 0.15) is 150 Å². The molecule has 0 aliphatic rings. The van der Waals surface area contributed by atoms with E-state index < -0.39 is 0 Å². The Kier molecular flexibility index (Phi) is 21.7. The Morgan fingerprint density at radius 3 is 1.10 bits per heavy atom. The van der Waals surface area contributed by atoms with Crippen LogP contribution in [0.4, 0.5) is 0 Å². The third-order valence-corrected chi connectivity index (χ3v) is 6.81. The molecule has 0 saturated heterocycles. The molecule has 0 rings (SSSR count). The van der Waals surface area contributed by atoms with Crippen LogP contribution >= 0.6 is 0 Å². The summed E-state index contributed by atoms with van der Waals surface area (Å²) in [7, 11) is 0. The molecule has 0 aliphatic heterocycles. The highest BCUT2D eigenvalue weighted by atomic mass is 15.3. The zero-order valence-electron chi connectivity index (χ0n) is 21.9. The van der Waals surface area contributed by atoms with Crippen LogP contribution in [-0.2, 0) is 0 Å². The first-order chi connectivity index (χ1) is 14.6. The fourth-order valence-electron chi connectivity index (χ4n) is 4.95. The second-order valence-electron chi connectivity index (χ2n) is 10.3. The van der Waals surface area contributed by atoms with Crippen molar-refractivity contribution in [2.24, 2.45) is 0 Å². The summed E-state index contributed by atoms with van der Waals surface area (Å²) >= 11 is 0. The maximum atomic E-state index is 4.26. The van der Waals surface area contributed by atoms with Crippen molar-refractivity contribution < 1.29 is 4.48 Å². The van der Waals surface area contributed by atoms with Gasteiger partial charge in [-0.3, -0.25) is 0 Å². The van der Waals surface area contributed by atoms with Gasteiger partial charge < -0.3 is 4.48 Å². The fraction of sp³-hybridized carbons (Fsp3) is 0.931. The van der Waals surface area contributed by atoms with E-state index in [0.29, 0.717) is 0 Å². The van der Waals surface area contributed by atoms with Crippen LogP contribution in [0.15, 0.2) is 12.2 Å². The minimum Gasteiger partial charge on any atom is -0.320 e. The lowest BCUT2D eigenvalue weighted by molar-refractivity contribution is -0.924. The summed E-state index contributed by atoms with van der Waals surface area (Å²) < 4.78 is 1.31. The molecule has 0 bridgehead atoms. The van der Waals surface area contributed by atoms with Crippen molar-refractivity contribution in [2.75, 3.05) is 26.2 Å². The molecule has 0 N–H and O–H groups in total. The van der Waals surface area contributed by atoms with Crippen LogP contribution in [0.5, 0.6) is 0 Å². The maximum absolute atomic E-state index is 4.26. The summed E-state index contributed by atoms with van der Waals surface area (Å²) in [5.74, 6) is 0. The van der Waals surface area contributed by atoms with Crippen LogP contribution in [0.25, 0.3) is 0 Å². The third kappa shape index (κ3) is 18.5. The van der Waals surface area contributed by atoms with E-state index in [-0.39, 0.29) is 0 Å². The Morgan fingerprint density at radius 1 is 0.467 bits per heavy atom. The summed E-state index contributed by atoms with van der Waals surface area (Å²) in [4.78, 5) is 0. The molecule has 0 amide bonds. The molecule has 0 aromatic carbocycles. The Bertz CT molecular complexity index is 351. The molecular formula is C29H60N+. The van der Waals surface area contributed by atoms with Gasteiger partial charge in [0.1, 0.15) is 0 Å². The van der Waals surface area contributed by atoms with E-state index in [1.807, 2.05) is 0 Å². The van der Waals surface area contributed by atoms with Gasteiger partial charge in [0, 0.05) is 0 Å². The second kappa shape index (κ2) is 21.9. The molecular weight excluding hydrogens is 362 g/mol. The molecule has 0 heterocycles. The van der Waals surface area contributed by atoms with Gasteiger partial charge in [-0.05, 0) is 38.2 Å². The van der Waals surface area contributed by atoms with E-state index >= 15 is 0 Å². The van der Waals surface area contributed by atoms with Crippen LogP contribution in [0.3, 0.4) is 0 Å². The minimum atomic E-state index is 1.21. The Labute approximate surface area is 192 Å². The van der Waals surface area contributed by atoms with E-state index in [1.54, 1.807) is 0 Å². The number of unbranched alkanes of at least 4 members (excludes halogenated alkanes) is 16. The van der Waals surface area contributed by atoms with Crippen molar-refractivity contribution in [2.45, 2.75) is 150 Å². The van der Waals surface area contributed by atoms with Crippen molar-refractivity contribution in [3.8, 4) is 0 Å². The minimum absolute atomic E-state index is 1.21.